The molecule has 3 nitrogen and oxygen atoms in total. The van der Waals surface area contributed by atoms with Gasteiger partial charge in [-0.2, -0.15) is 5.10 Å². The molecule has 0 saturated carbocycles. The highest BCUT2D eigenvalue weighted by atomic mass is 15.3. The van der Waals surface area contributed by atoms with Crippen molar-refractivity contribution in [3.05, 3.63) is 17.5 Å². The normalized spacial score (nSPS) is 28.6. The van der Waals surface area contributed by atoms with Crippen molar-refractivity contribution in [2.75, 3.05) is 0 Å². The molecule has 12 heavy (non-hydrogen) atoms. The summed E-state index contributed by atoms with van der Waals surface area (Å²) in [6, 6.07) is 0.197. The summed E-state index contributed by atoms with van der Waals surface area (Å²) in [6.07, 6.45) is 4.23. The number of aryl methyl sites for hydroxylation is 1. The van der Waals surface area contributed by atoms with Crippen LogP contribution >= 0.6 is 0 Å². The van der Waals surface area contributed by atoms with Gasteiger partial charge in [-0.05, 0) is 18.8 Å². The molecule has 0 amide bonds. The van der Waals surface area contributed by atoms with Crippen molar-refractivity contribution in [2.24, 2.45) is 18.7 Å². The minimum Gasteiger partial charge on any atom is -0.324 e. The lowest BCUT2D eigenvalue weighted by Crippen LogP contribution is -2.25. The van der Waals surface area contributed by atoms with Crippen LogP contribution in [0.4, 0.5) is 0 Å². The fraction of sp³-hybridized carbons (Fsp3) is 0.667. The first-order chi connectivity index (χ1) is 5.70. The van der Waals surface area contributed by atoms with E-state index in [0.717, 1.165) is 6.42 Å². The Balaban J connectivity index is 2.43. The third-order valence-corrected chi connectivity index (χ3v) is 2.90. The third kappa shape index (κ3) is 0.966. The topological polar surface area (TPSA) is 43.8 Å². The maximum absolute atomic E-state index is 6.05. The van der Waals surface area contributed by atoms with Crippen molar-refractivity contribution in [1.29, 1.82) is 0 Å². The van der Waals surface area contributed by atoms with Gasteiger partial charge in [-0.3, -0.25) is 4.68 Å². The summed E-state index contributed by atoms with van der Waals surface area (Å²) in [6.45, 7) is 2.21. The van der Waals surface area contributed by atoms with Crippen LogP contribution in [0.5, 0.6) is 0 Å². The van der Waals surface area contributed by atoms with Gasteiger partial charge in [0.25, 0.3) is 0 Å². The van der Waals surface area contributed by atoms with E-state index in [1.807, 2.05) is 17.9 Å². The molecule has 0 fully saturated rings. The number of nitrogens with zero attached hydrogens (tertiary/aromatic N) is 2. The lowest BCUT2D eigenvalue weighted by molar-refractivity contribution is 0.404. The molecule has 1 aliphatic carbocycles. The average Bonchev–Trinajstić information content (AvgIpc) is 2.41. The van der Waals surface area contributed by atoms with Crippen molar-refractivity contribution < 1.29 is 0 Å². The molecule has 2 rings (SSSR count). The number of hydrogen-bond acceptors (Lipinski definition) is 2. The fourth-order valence-electron chi connectivity index (χ4n) is 1.91. The first-order valence-corrected chi connectivity index (χ1v) is 4.46. The number of hydrogen-bond donors (Lipinski definition) is 1. The van der Waals surface area contributed by atoms with Gasteiger partial charge in [-0.15, -0.1) is 0 Å². The summed E-state index contributed by atoms with van der Waals surface area (Å²) >= 11 is 0. The van der Waals surface area contributed by atoms with Gasteiger partial charge in [0.15, 0.2) is 0 Å². The number of aromatic nitrogens is 2. The molecule has 1 aromatic heterocycles. The van der Waals surface area contributed by atoms with Crippen LogP contribution in [-0.4, -0.2) is 9.78 Å². The van der Waals surface area contributed by atoms with Gasteiger partial charge >= 0.3 is 0 Å². The van der Waals surface area contributed by atoms with Crippen molar-refractivity contribution in [3.8, 4) is 0 Å². The van der Waals surface area contributed by atoms with E-state index in [1.54, 1.807) is 0 Å². The second-order valence-corrected chi connectivity index (χ2v) is 3.71. The van der Waals surface area contributed by atoms with E-state index in [2.05, 4.69) is 12.0 Å². The molecule has 2 N–H and O–H groups in total. The Bertz CT molecular complexity index is 290. The highest BCUT2D eigenvalue weighted by molar-refractivity contribution is 5.25. The van der Waals surface area contributed by atoms with E-state index >= 15 is 0 Å². The van der Waals surface area contributed by atoms with Gasteiger partial charge in [-0.25, -0.2) is 0 Å². The first kappa shape index (κ1) is 7.80. The number of nitrogens with two attached hydrogens (primary N) is 1. The minimum absolute atomic E-state index is 0.197. The van der Waals surface area contributed by atoms with Gasteiger partial charge in [0.2, 0.25) is 0 Å². The van der Waals surface area contributed by atoms with Gasteiger partial charge in [0.05, 0.1) is 6.20 Å². The highest BCUT2D eigenvalue weighted by Crippen LogP contribution is 2.31. The Labute approximate surface area is 72.6 Å². The Kier molecular flexibility index (Phi) is 1.68. The predicted molar refractivity (Wildman–Crippen MR) is 47.6 cm³/mol. The maximum atomic E-state index is 6.05. The first-order valence-electron chi connectivity index (χ1n) is 4.46. The monoisotopic (exact) mass is 165 g/mol. The van der Waals surface area contributed by atoms with Gasteiger partial charge in [-0.1, -0.05) is 6.92 Å². The smallest absolute Gasteiger partial charge is 0.0540 e. The Morgan fingerprint density at radius 3 is 3.17 bits per heavy atom. The number of fused-ring (bicyclic) bond motifs is 1. The Morgan fingerprint density at radius 1 is 1.67 bits per heavy atom. The third-order valence-electron chi connectivity index (χ3n) is 2.90. The molecule has 0 aliphatic heterocycles. The quantitative estimate of drug-likeness (QED) is 0.623. The van der Waals surface area contributed by atoms with Crippen LogP contribution < -0.4 is 5.73 Å². The zero-order chi connectivity index (χ0) is 8.72. The zero-order valence-corrected chi connectivity index (χ0v) is 7.62. The molecule has 0 radical (unpaired) electrons. The Hall–Kier alpha value is -0.830. The van der Waals surface area contributed by atoms with Crippen molar-refractivity contribution >= 4 is 0 Å². The molecule has 0 bridgehead atoms. The van der Waals surface area contributed by atoms with Crippen LogP contribution in [0.3, 0.4) is 0 Å². The molecule has 2 atom stereocenters. The second-order valence-electron chi connectivity index (χ2n) is 3.71. The van der Waals surface area contributed by atoms with Crippen molar-refractivity contribution in [1.82, 2.24) is 9.78 Å². The van der Waals surface area contributed by atoms with Crippen molar-refractivity contribution in [3.63, 3.8) is 0 Å². The lowest BCUT2D eigenvalue weighted by atomic mass is 9.85. The molecular weight excluding hydrogens is 150 g/mol. The van der Waals surface area contributed by atoms with Crippen LogP contribution in [0, 0.1) is 5.92 Å². The van der Waals surface area contributed by atoms with Gasteiger partial charge < -0.3 is 5.73 Å². The largest absolute Gasteiger partial charge is 0.324 e. The lowest BCUT2D eigenvalue weighted by Gasteiger charge is -2.25. The maximum Gasteiger partial charge on any atom is 0.0540 e. The SMILES string of the molecule is CC1CCc2c(cnn2C)C1N. The van der Waals surface area contributed by atoms with Crippen LogP contribution in [0.15, 0.2) is 6.20 Å². The zero-order valence-electron chi connectivity index (χ0n) is 7.62. The molecule has 66 valence electrons. The van der Waals surface area contributed by atoms with Crippen LogP contribution in [0.2, 0.25) is 0 Å². The van der Waals surface area contributed by atoms with Crippen LogP contribution in [0.1, 0.15) is 30.6 Å². The summed E-state index contributed by atoms with van der Waals surface area (Å²) in [7, 11) is 1.99. The summed E-state index contributed by atoms with van der Waals surface area (Å²) in [5.41, 5.74) is 8.62. The molecule has 0 spiro atoms. The standard InChI is InChI=1S/C9H15N3/c1-6-3-4-8-7(9(6)10)5-11-12(8)2/h5-6,9H,3-4,10H2,1-2H3. The van der Waals surface area contributed by atoms with E-state index in [9.17, 15) is 0 Å². The molecular formula is C9H15N3. The van der Waals surface area contributed by atoms with E-state index in [0.29, 0.717) is 5.92 Å². The van der Waals surface area contributed by atoms with E-state index < -0.39 is 0 Å². The molecule has 1 aromatic rings. The molecule has 0 saturated heterocycles. The van der Waals surface area contributed by atoms with E-state index in [-0.39, 0.29) is 6.04 Å². The Morgan fingerprint density at radius 2 is 2.42 bits per heavy atom. The predicted octanol–water partition coefficient (Wildman–Crippen LogP) is 1.00. The van der Waals surface area contributed by atoms with E-state index in [4.69, 9.17) is 5.73 Å². The number of rotatable bonds is 0. The van der Waals surface area contributed by atoms with Crippen LogP contribution in [-0.2, 0) is 13.5 Å². The minimum atomic E-state index is 0.197. The average molecular weight is 165 g/mol. The van der Waals surface area contributed by atoms with Gasteiger partial charge in [0, 0.05) is 24.3 Å². The summed E-state index contributed by atoms with van der Waals surface area (Å²) in [4.78, 5) is 0. The second kappa shape index (κ2) is 2.59. The molecule has 1 heterocycles. The molecule has 0 aromatic carbocycles. The van der Waals surface area contributed by atoms with Gasteiger partial charge in [0.1, 0.15) is 0 Å². The summed E-state index contributed by atoms with van der Waals surface area (Å²) < 4.78 is 1.95. The van der Waals surface area contributed by atoms with Crippen LogP contribution in [0.25, 0.3) is 0 Å². The van der Waals surface area contributed by atoms with Crippen molar-refractivity contribution in [2.45, 2.75) is 25.8 Å². The molecule has 3 heteroatoms. The molecule has 1 aliphatic rings. The molecule has 2 unspecified atom stereocenters. The fourth-order valence-corrected chi connectivity index (χ4v) is 1.91. The highest BCUT2D eigenvalue weighted by Gasteiger charge is 2.25. The summed E-state index contributed by atoms with van der Waals surface area (Å²) in [5.74, 6) is 0.599. The van der Waals surface area contributed by atoms with E-state index in [1.165, 1.54) is 17.7 Å². The summed E-state index contributed by atoms with van der Waals surface area (Å²) in [5, 5.41) is 4.22.